The van der Waals surface area contributed by atoms with Crippen molar-refractivity contribution in [3.63, 3.8) is 0 Å². The molecule has 0 fully saturated rings. The average molecular weight is 302 g/mol. The number of aromatic nitrogens is 2. The van der Waals surface area contributed by atoms with Crippen LogP contribution in [0.1, 0.15) is 20.3 Å². The zero-order valence-corrected chi connectivity index (χ0v) is 11.4. The first-order valence-electron chi connectivity index (χ1n) is 5.34. The molecule has 1 amide bonds. The number of carbonyl (C=O) groups is 1. The summed E-state index contributed by atoms with van der Waals surface area (Å²) in [6.45, 7) is 4.58. The second-order valence-corrected chi connectivity index (χ2v) is 4.49. The molecule has 0 radical (unpaired) electrons. The van der Waals surface area contributed by atoms with E-state index < -0.39 is 0 Å². The Hall–Kier alpha value is -1.37. The standard InChI is InChI=1S/C10H16BrN5O/c1-3-13-10-14-5-7(11)9(16-10)15-6(2)4-8(12)17/h5-6H,3-4H2,1-2H3,(H2,12,17)(H2,13,14,15,16). The molecule has 94 valence electrons. The summed E-state index contributed by atoms with van der Waals surface area (Å²) in [5, 5.41) is 6.12. The molecular weight excluding hydrogens is 286 g/mol. The molecule has 17 heavy (non-hydrogen) atoms. The van der Waals surface area contributed by atoms with Crippen LogP contribution in [0.5, 0.6) is 0 Å². The molecule has 0 aliphatic carbocycles. The van der Waals surface area contributed by atoms with Gasteiger partial charge in [-0.15, -0.1) is 0 Å². The zero-order valence-electron chi connectivity index (χ0n) is 9.83. The van der Waals surface area contributed by atoms with Crippen LogP contribution in [-0.4, -0.2) is 28.5 Å². The van der Waals surface area contributed by atoms with Gasteiger partial charge in [-0.2, -0.15) is 4.98 Å². The molecule has 4 N–H and O–H groups in total. The molecule has 0 bridgehead atoms. The topological polar surface area (TPSA) is 92.9 Å². The Balaban J connectivity index is 2.74. The summed E-state index contributed by atoms with van der Waals surface area (Å²) in [4.78, 5) is 19.2. The summed E-state index contributed by atoms with van der Waals surface area (Å²) >= 11 is 3.34. The molecule has 1 atom stereocenters. The third-order valence-corrected chi connectivity index (χ3v) is 2.55. The molecule has 1 rings (SSSR count). The number of nitrogens with one attached hydrogen (secondary N) is 2. The number of hydrogen-bond acceptors (Lipinski definition) is 5. The van der Waals surface area contributed by atoms with Crippen LogP contribution >= 0.6 is 15.9 Å². The first-order valence-corrected chi connectivity index (χ1v) is 6.13. The first kappa shape index (κ1) is 13.7. The molecule has 0 saturated heterocycles. The van der Waals surface area contributed by atoms with Crippen LogP contribution in [0.4, 0.5) is 11.8 Å². The SMILES string of the molecule is CCNc1ncc(Br)c(NC(C)CC(N)=O)n1. The number of primary amides is 1. The molecule has 1 heterocycles. The molecule has 6 nitrogen and oxygen atoms in total. The monoisotopic (exact) mass is 301 g/mol. The summed E-state index contributed by atoms with van der Waals surface area (Å²) in [5.41, 5.74) is 5.13. The first-order chi connectivity index (χ1) is 8.02. The second kappa shape index (κ2) is 6.39. The highest BCUT2D eigenvalue weighted by Crippen LogP contribution is 2.21. The Morgan fingerprint density at radius 3 is 2.94 bits per heavy atom. The molecule has 1 unspecified atom stereocenters. The number of rotatable bonds is 6. The van der Waals surface area contributed by atoms with E-state index in [4.69, 9.17) is 5.73 Å². The highest BCUT2D eigenvalue weighted by atomic mass is 79.9. The van der Waals surface area contributed by atoms with Crippen molar-refractivity contribution >= 4 is 33.6 Å². The van der Waals surface area contributed by atoms with Crippen LogP contribution in [0.25, 0.3) is 0 Å². The second-order valence-electron chi connectivity index (χ2n) is 3.64. The van der Waals surface area contributed by atoms with Crippen LogP contribution < -0.4 is 16.4 Å². The quantitative estimate of drug-likeness (QED) is 0.737. The van der Waals surface area contributed by atoms with E-state index in [0.29, 0.717) is 11.8 Å². The van der Waals surface area contributed by atoms with Gasteiger partial charge in [-0.3, -0.25) is 4.79 Å². The van der Waals surface area contributed by atoms with E-state index in [9.17, 15) is 4.79 Å². The van der Waals surface area contributed by atoms with Gasteiger partial charge < -0.3 is 16.4 Å². The van der Waals surface area contributed by atoms with Crippen molar-refractivity contribution < 1.29 is 4.79 Å². The van der Waals surface area contributed by atoms with Crippen molar-refractivity contribution in [2.75, 3.05) is 17.2 Å². The molecule has 0 aliphatic rings. The van der Waals surface area contributed by atoms with Crippen LogP contribution in [0.15, 0.2) is 10.7 Å². The molecular formula is C10H16BrN5O. The van der Waals surface area contributed by atoms with Crippen molar-refractivity contribution in [2.24, 2.45) is 5.73 Å². The van der Waals surface area contributed by atoms with E-state index in [1.54, 1.807) is 6.20 Å². The Kier molecular flexibility index (Phi) is 5.14. The number of carbonyl (C=O) groups excluding carboxylic acids is 1. The van der Waals surface area contributed by atoms with E-state index in [0.717, 1.165) is 11.0 Å². The summed E-state index contributed by atoms with van der Waals surface area (Å²) < 4.78 is 0.746. The third kappa shape index (κ3) is 4.56. The third-order valence-electron chi connectivity index (χ3n) is 1.97. The number of hydrogen-bond donors (Lipinski definition) is 3. The number of anilines is 2. The van der Waals surface area contributed by atoms with Gasteiger partial charge in [0.1, 0.15) is 5.82 Å². The lowest BCUT2D eigenvalue weighted by Crippen LogP contribution is -2.24. The molecule has 0 aromatic carbocycles. The van der Waals surface area contributed by atoms with Crippen LogP contribution in [0, 0.1) is 0 Å². The summed E-state index contributed by atoms with van der Waals surface area (Å²) in [5.74, 6) is 0.844. The lowest BCUT2D eigenvalue weighted by atomic mass is 10.2. The van der Waals surface area contributed by atoms with Gasteiger partial charge in [0, 0.05) is 25.2 Å². The Labute approximate surface area is 109 Å². The van der Waals surface area contributed by atoms with Crippen LogP contribution in [-0.2, 0) is 4.79 Å². The fourth-order valence-electron chi connectivity index (χ4n) is 1.30. The molecule has 7 heteroatoms. The summed E-state index contributed by atoms with van der Waals surface area (Å²) in [6, 6.07) is -0.0758. The van der Waals surface area contributed by atoms with Gasteiger partial charge >= 0.3 is 0 Å². The van der Waals surface area contributed by atoms with Crippen molar-refractivity contribution in [1.29, 1.82) is 0 Å². The number of halogens is 1. The van der Waals surface area contributed by atoms with E-state index in [-0.39, 0.29) is 18.4 Å². The smallest absolute Gasteiger partial charge is 0.224 e. The minimum absolute atomic E-state index is 0.0758. The predicted molar refractivity (Wildman–Crippen MR) is 70.8 cm³/mol. The maximum Gasteiger partial charge on any atom is 0.224 e. The summed E-state index contributed by atoms with van der Waals surface area (Å²) in [6.07, 6.45) is 1.91. The molecule has 0 saturated carbocycles. The Morgan fingerprint density at radius 2 is 2.35 bits per heavy atom. The highest BCUT2D eigenvalue weighted by molar-refractivity contribution is 9.10. The number of nitrogens with two attached hydrogens (primary N) is 1. The maximum absolute atomic E-state index is 10.8. The Bertz CT molecular complexity index is 398. The van der Waals surface area contributed by atoms with Gasteiger partial charge in [0.2, 0.25) is 11.9 Å². The van der Waals surface area contributed by atoms with Crippen molar-refractivity contribution in [3.8, 4) is 0 Å². The van der Waals surface area contributed by atoms with Gasteiger partial charge in [0.25, 0.3) is 0 Å². The molecule has 0 aliphatic heterocycles. The maximum atomic E-state index is 10.8. The van der Waals surface area contributed by atoms with Gasteiger partial charge in [-0.25, -0.2) is 4.98 Å². The van der Waals surface area contributed by atoms with Crippen LogP contribution in [0.2, 0.25) is 0 Å². The van der Waals surface area contributed by atoms with Crippen molar-refractivity contribution in [3.05, 3.63) is 10.7 Å². The van der Waals surface area contributed by atoms with E-state index >= 15 is 0 Å². The van der Waals surface area contributed by atoms with E-state index in [1.807, 2.05) is 13.8 Å². The predicted octanol–water partition coefficient (Wildman–Crippen LogP) is 1.35. The van der Waals surface area contributed by atoms with Gasteiger partial charge in [0.15, 0.2) is 0 Å². The average Bonchev–Trinajstić information content (AvgIpc) is 2.22. The number of nitrogens with zero attached hydrogens (tertiary/aromatic N) is 2. The van der Waals surface area contributed by atoms with E-state index in [1.165, 1.54) is 0 Å². The fraction of sp³-hybridized carbons (Fsp3) is 0.500. The lowest BCUT2D eigenvalue weighted by Gasteiger charge is -2.14. The van der Waals surface area contributed by atoms with Crippen LogP contribution in [0.3, 0.4) is 0 Å². The normalized spacial score (nSPS) is 11.9. The number of amides is 1. The molecule has 1 aromatic rings. The van der Waals surface area contributed by atoms with Gasteiger partial charge in [0.05, 0.1) is 4.47 Å². The Morgan fingerprint density at radius 1 is 1.65 bits per heavy atom. The van der Waals surface area contributed by atoms with Gasteiger partial charge in [-0.05, 0) is 29.8 Å². The zero-order chi connectivity index (χ0) is 12.8. The minimum Gasteiger partial charge on any atom is -0.370 e. The summed E-state index contributed by atoms with van der Waals surface area (Å²) in [7, 11) is 0. The highest BCUT2D eigenvalue weighted by Gasteiger charge is 2.10. The fourth-order valence-corrected chi connectivity index (χ4v) is 1.60. The molecule has 1 aromatic heterocycles. The van der Waals surface area contributed by atoms with Gasteiger partial charge in [-0.1, -0.05) is 0 Å². The van der Waals surface area contributed by atoms with E-state index in [2.05, 4.69) is 36.5 Å². The molecule has 0 spiro atoms. The minimum atomic E-state index is -0.345. The largest absolute Gasteiger partial charge is 0.370 e. The lowest BCUT2D eigenvalue weighted by molar-refractivity contribution is -0.118. The van der Waals surface area contributed by atoms with Crippen molar-refractivity contribution in [1.82, 2.24) is 9.97 Å². The van der Waals surface area contributed by atoms with Crippen molar-refractivity contribution in [2.45, 2.75) is 26.3 Å².